The molecule has 5 nitrogen and oxygen atoms in total. The molecule has 0 saturated heterocycles. The first-order chi connectivity index (χ1) is 11.8. The van der Waals surface area contributed by atoms with Crippen molar-refractivity contribution in [2.75, 3.05) is 0 Å². The molecule has 0 spiro atoms. The van der Waals surface area contributed by atoms with Gasteiger partial charge in [0.05, 0.1) is 0 Å². The number of aromatic amines is 1. The Labute approximate surface area is 153 Å². The van der Waals surface area contributed by atoms with Gasteiger partial charge in [-0.05, 0) is 43.9 Å². The smallest absolute Gasteiger partial charge is 0.331 e. The lowest BCUT2D eigenvalue weighted by atomic mass is 10.1. The van der Waals surface area contributed by atoms with Crippen LogP contribution < -0.4 is 5.69 Å². The Bertz CT molecular complexity index is 799. The number of nitrogens with one attached hydrogen (secondary N) is 1. The minimum atomic E-state index is -0.497. The molecule has 0 aliphatic heterocycles. The summed E-state index contributed by atoms with van der Waals surface area (Å²) < 4.78 is 0. The van der Waals surface area contributed by atoms with E-state index in [9.17, 15) is 9.59 Å². The SMILES string of the molecule is CC(C)Cc1cc(C(=O)N(Cc2ccccc2Cl)C(C)C)nc(=O)[nH]1. The maximum absolute atomic E-state index is 13.0. The first-order valence-electron chi connectivity index (χ1n) is 8.42. The highest BCUT2D eigenvalue weighted by Gasteiger charge is 2.22. The third kappa shape index (κ3) is 5.16. The summed E-state index contributed by atoms with van der Waals surface area (Å²) in [7, 11) is 0. The second-order valence-electron chi connectivity index (χ2n) is 6.81. The Morgan fingerprint density at radius 2 is 1.92 bits per heavy atom. The number of carbonyl (C=O) groups excluding carboxylic acids is 1. The lowest BCUT2D eigenvalue weighted by Crippen LogP contribution is -2.38. The molecule has 134 valence electrons. The van der Waals surface area contributed by atoms with E-state index in [1.807, 2.05) is 32.0 Å². The van der Waals surface area contributed by atoms with E-state index in [0.29, 0.717) is 23.9 Å². The molecule has 6 heteroatoms. The van der Waals surface area contributed by atoms with Gasteiger partial charge in [-0.15, -0.1) is 0 Å². The summed E-state index contributed by atoms with van der Waals surface area (Å²) in [5, 5.41) is 0.611. The number of nitrogens with zero attached hydrogens (tertiary/aromatic N) is 2. The fraction of sp³-hybridized carbons (Fsp3) is 0.421. The van der Waals surface area contributed by atoms with Crippen molar-refractivity contribution in [3.05, 3.63) is 62.8 Å². The highest BCUT2D eigenvalue weighted by atomic mass is 35.5. The summed E-state index contributed by atoms with van der Waals surface area (Å²) >= 11 is 6.22. The average molecular weight is 362 g/mol. The Hall–Kier alpha value is -2.14. The molecule has 0 aliphatic carbocycles. The van der Waals surface area contributed by atoms with Crippen LogP contribution in [-0.4, -0.2) is 26.8 Å². The van der Waals surface area contributed by atoms with E-state index in [-0.39, 0.29) is 17.6 Å². The molecule has 25 heavy (non-hydrogen) atoms. The number of rotatable bonds is 6. The van der Waals surface area contributed by atoms with Gasteiger partial charge in [0.25, 0.3) is 5.91 Å². The Morgan fingerprint density at radius 3 is 2.52 bits per heavy atom. The quantitative estimate of drug-likeness (QED) is 0.853. The summed E-state index contributed by atoms with van der Waals surface area (Å²) in [5.41, 5.74) is 1.25. The van der Waals surface area contributed by atoms with Crippen LogP contribution in [-0.2, 0) is 13.0 Å². The highest BCUT2D eigenvalue weighted by molar-refractivity contribution is 6.31. The van der Waals surface area contributed by atoms with Gasteiger partial charge in [0.1, 0.15) is 5.69 Å². The zero-order valence-corrected chi connectivity index (χ0v) is 15.8. The second-order valence-corrected chi connectivity index (χ2v) is 7.22. The fourth-order valence-electron chi connectivity index (χ4n) is 2.61. The van der Waals surface area contributed by atoms with E-state index in [0.717, 1.165) is 11.3 Å². The molecule has 0 fully saturated rings. The van der Waals surface area contributed by atoms with Crippen LogP contribution in [0.5, 0.6) is 0 Å². The van der Waals surface area contributed by atoms with Gasteiger partial charge in [-0.25, -0.2) is 4.79 Å². The predicted molar refractivity (Wildman–Crippen MR) is 99.9 cm³/mol. The van der Waals surface area contributed by atoms with Gasteiger partial charge in [0, 0.05) is 23.3 Å². The maximum Gasteiger partial charge on any atom is 0.345 e. The molecule has 1 heterocycles. The molecule has 1 amide bonds. The van der Waals surface area contributed by atoms with Gasteiger partial charge < -0.3 is 9.88 Å². The molecule has 0 atom stereocenters. The van der Waals surface area contributed by atoms with E-state index in [1.54, 1.807) is 17.0 Å². The maximum atomic E-state index is 13.0. The van der Waals surface area contributed by atoms with E-state index >= 15 is 0 Å². The lowest BCUT2D eigenvalue weighted by Gasteiger charge is -2.27. The number of hydrogen-bond acceptors (Lipinski definition) is 3. The van der Waals surface area contributed by atoms with Crippen molar-refractivity contribution in [2.45, 2.75) is 46.7 Å². The summed E-state index contributed by atoms with van der Waals surface area (Å²) in [6.45, 7) is 8.33. The molecule has 1 N–H and O–H groups in total. The molecule has 2 aromatic rings. The number of carbonyl (C=O) groups is 1. The van der Waals surface area contributed by atoms with Crippen LogP contribution in [0.15, 0.2) is 35.1 Å². The number of H-pyrrole nitrogens is 1. The van der Waals surface area contributed by atoms with Gasteiger partial charge in [-0.3, -0.25) is 4.79 Å². The first-order valence-corrected chi connectivity index (χ1v) is 8.80. The van der Waals surface area contributed by atoms with E-state index in [1.165, 1.54) is 0 Å². The minimum Gasteiger partial charge on any atom is -0.331 e. The molecule has 2 rings (SSSR count). The van der Waals surface area contributed by atoms with Crippen LogP contribution in [0.1, 0.15) is 49.4 Å². The number of hydrogen-bond donors (Lipinski definition) is 1. The topological polar surface area (TPSA) is 66.1 Å². The first kappa shape index (κ1) is 19.2. The summed E-state index contributed by atoms with van der Waals surface area (Å²) in [4.78, 5) is 33.0. The molecule has 0 saturated carbocycles. The molecule has 0 bridgehead atoms. The van der Waals surface area contributed by atoms with Crippen LogP contribution in [0.3, 0.4) is 0 Å². The number of halogens is 1. The molecular weight excluding hydrogens is 338 g/mol. The fourth-order valence-corrected chi connectivity index (χ4v) is 2.81. The zero-order chi connectivity index (χ0) is 18.6. The van der Waals surface area contributed by atoms with Crippen LogP contribution >= 0.6 is 11.6 Å². The third-order valence-corrected chi connectivity index (χ3v) is 4.20. The number of benzene rings is 1. The van der Waals surface area contributed by atoms with E-state index < -0.39 is 5.69 Å². The average Bonchev–Trinajstić information content (AvgIpc) is 2.52. The molecule has 0 aliphatic rings. The van der Waals surface area contributed by atoms with Crippen molar-refractivity contribution in [2.24, 2.45) is 5.92 Å². The van der Waals surface area contributed by atoms with Crippen LogP contribution in [0, 0.1) is 5.92 Å². The van der Waals surface area contributed by atoms with Crippen molar-refractivity contribution >= 4 is 17.5 Å². The third-order valence-electron chi connectivity index (χ3n) is 3.83. The molecule has 1 aromatic heterocycles. The van der Waals surface area contributed by atoms with Gasteiger partial charge >= 0.3 is 5.69 Å². The van der Waals surface area contributed by atoms with E-state index in [2.05, 4.69) is 23.8 Å². The van der Waals surface area contributed by atoms with E-state index in [4.69, 9.17) is 11.6 Å². The molecule has 0 unspecified atom stereocenters. The summed E-state index contributed by atoms with van der Waals surface area (Å²) in [6, 6.07) is 9.04. The Kier molecular flexibility index (Phi) is 6.37. The van der Waals surface area contributed by atoms with Crippen molar-refractivity contribution in [3.63, 3.8) is 0 Å². The van der Waals surface area contributed by atoms with Gasteiger partial charge in [-0.2, -0.15) is 4.98 Å². The largest absolute Gasteiger partial charge is 0.345 e. The van der Waals surface area contributed by atoms with Crippen LogP contribution in [0.25, 0.3) is 0 Å². The lowest BCUT2D eigenvalue weighted by molar-refractivity contribution is 0.0683. The Morgan fingerprint density at radius 1 is 1.24 bits per heavy atom. The zero-order valence-electron chi connectivity index (χ0n) is 15.0. The normalized spacial score (nSPS) is 11.2. The monoisotopic (exact) mass is 361 g/mol. The van der Waals surface area contributed by atoms with Gasteiger partial charge in [-0.1, -0.05) is 43.6 Å². The number of amides is 1. The van der Waals surface area contributed by atoms with Crippen molar-refractivity contribution < 1.29 is 4.79 Å². The Balaban J connectivity index is 2.33. The van der Waals surface area contributed by atoms with Gasteiger partial charge in [0.2, 0.25) is 0 Å². The highest BCUT2D eigenvalue weighted by Crippen LogP contribution is 2.19. The van der Waals surface area contributed by atoms with Crippen molar-refractivity contribution in [1.82, 2.24) is 14.9 Å². The van der Waals surface area contributed by atoms with Gasteiger partial charge in [0.15, 0.2) is 0 Å². The van der Waals surface area contributed by atoms with Crippen molar-refractivity contribution in [3.8, 4) is 0 Å². The van der Waals surface area contributed by atoms with Crippen molar-refractivity contribution in [1.29, 1.82) is 0 Å². The molecular formula is C19H24ClN3O2. The molecule has 0 radical (unpaired) electrons. The second kappa shape index (κ2) is 8.30. The number of aromatic nitrogens is 2. The minimum absolute atomic E-state index is 0.0570. The van der Waals surface area contributed by atoms with Crippen LogP contribution in [0.4, 0.5) is 0 Å². The molecule has 1 aromatic carbocycles. The summed E-state index contributed by atoms with van der Waals surface area (Å²) in [6.07, 6.45) is 0.685. The predicted octanol–water partition coefficient (Wildman–Crippen LogP) is 3.67. The van der Waals surface area contributed by atoms with Crippen LogP contribution in [0.2, 0.25) is 5.02 Å². The standard InChI is InChI=1S/C19H24ClN3O2/c1-12(2)9-15-10-17(22-19(25)21-15)18(24)23(13(3)4)11-14-7-5-6-8-16(14)20/h5-8,10,12-13H,9,11H2,1-4H3,(H,21,22,25). The summed E-state index contributed by atoms with van der Waals surface area (Å²) in [5.74, 6) is 0.0938.